The summed E-state index contributed by atoms with van der Waals surface area (Å²) in [4.78, 5) is 12.2. The van der Waals surface area contributed by atoms with Crippen molar-refractivity contribution in [1.82, 2.24) is 9.62 Å². The lowest BCUT2D eigenvalue weighted by Gasteiger charge is -2.23. The van der Waals surface area contributed by atoms with Crippen LogP contribution in [0.25, 0.3) is 0 Å². The zero-order valence-corrected chi connectivity index (χ0v) is 12.7. The Bertz CT molecular complexity index is 451. The van der Waals surface area contributed by atoms with Crippen molar-refractivity contribution in [3.8, 4) is 0 Å². The van der Waals surface area contributed by atoms with E-state index < -0.39 is 16.1 Å². The fourth-order valence-corrected chi connectivity index (χ4v) is 4.50. The number of hydrogen-bond acceptors (Lipinski definition) is 4. The molecule has 2 N–H and O–H groups in total. The van der Waals surface area contributed by atoms with Crippen molar-refractivity contribution in [1.29, 1.82) is 0 Å². The van der Waals surface area contributed by atoms with Crippen LogP contribution >= 0.6 is 0 Å². The number of aliphatic hydroxyl groups is 1. The molecule has 1 aliphatic heterocycles. The first kappa shape index (κ1) is 15.7. The second kappa shape index (κ2) is 6.41. The Morgan fingerprint density at radius 2 is 1.95 bits per heavy atom. The summed E-state index contributed by atoms with van der Waals surface area (Å²) in [6.45, 7) is 1.14. The number of carbonyl (C=O) groups excluding carboxylic acids is 1. The Labute approximate surface area is 120 Å². The second-order valence-electron chi connectivity index (χ2n) is 5.91. The topological polar surface area (TPSA) is 86.7 Å². The summed E-state index contributed by atoms with van der Waals surface area (Å²) >= 11 is 0. The molecule has 6 nitrogen and oxygen atoms in total. The van der Waals surface area contributed by atoms with Crippen LogP contribution in [-0.4, -0.2) is 55.7 Å². The highest BCUT2D eigenvalue weighted by atomic mass is 32.2. The highest BCUT2D eigenvalue weighted by Gasteiger charge is 2.37. The monoisotopic (exact) mass is 304 g/mol. The number of sulfonamides is 1. The van der Waals surface area contributed by atoms with Gasteiger partial charge in [-0.2, -0.15) is 4.31 Å². The molecule has 1 amide bonds. The molecule has 20 heavy (non-hydrogen) atoms. The molecule has 0 aromatic heterocycles. The zero-order valence-electron chi connectivity index (χ0n) is 11.9. The molecule has 0 bridgehead atoms. The Balaban J connectivity index is 1.88. The molecule has 0 aromatic carbocycles. The molecule has 3 atom stereocenters. The molecule has 3 unspecified atom stereocenters. The van der Waals surface area contributed by atoms with Gasteiger partial charge in [0.1, 0.15) is 6.04 Å². The third-order valence-corrected chi connectivity index (χ3v) is 5.81. The van der Waals surface area contributed by atoms with E-state index in [1.54, 1.807) is 0 Å². The van der Waals surface area contributed by atoms with Gasteiger partial charge in [-0.25, -0.2) is 8.42 Å². The standard InChI is InChI=1S/C13H24N2O4S/c1-20(18,19)15-7-3-6-12(15)13(17)14-8-10-4-2-5-11(10)9-16/h10-12,16H,2-9H2,1H3,(H,14,17). The Morgan fingerprint density at radius 1 is 1.25 bits per heavy atom. The molecule has 2 rings (SSSR count). The maximum absolute atomic E-state index is 12.2. The van der Waals surface area contributed by atoms with Gasteiger partial charge < -0.3 is 10.4 Å². The minimum absolute atomic E-state index is 0.166. The van der Waals surface area contributed by atoms with E-state index in [4.69, 9.17) is 0 Å². The Hall–Kier alpha value is -0.660. The minimum atomic E-state index is -3.32. The van der Waals surface area contributed by atoms with Crippen LogP contribution in [0.2, 0.25) is 0 Å². The van der Waals surface area contributed by atoms with E-state index in [0.717, 1.165) is 31.9 Å². The van der Waals surface area contributed by atoms with Gasteiger partial charge in [-0.15, -0.1) is 0 Å². The van der Waals surface area contributed by atoms with E-state index >= 15 is 0 Å². The molecule has 1 saturated heterocycles. The summed E-state index contributed by atoms with van der Waals surface area (Å²) in [5, 5.41) is 12.1. The lowest BCUT2D eigenvalue weighted by atomic mass is 9.97. The third-order valence-electron chi connectivity index (χ3n) is 4.52. The number of nitrogens with zero attached hydrogens (tertiary/aromatic N) is 1. The van der Waals surface area contributed by atoms with Crippen LogP contribution in [0.15, 0.2) is 0 Å². The van der Waals surface area contributed by atoms with Gasteiger partial charge in [-0.05, 0) is 37.5 Å². The predicted molar refractivity (Wildman–Crippen MR) is 75.5 cm³/mol. The molecule has 1 saturated carbocycles. The lowest BCUT2D eigenvalue weighted by Crippen LogP contribution is -2.46. The normalized spacial score (nSPS) is 31.6. The highest BCUT2D eigenvalue weighted by molar-refractivity contribution is 7.88. The van der Waals surface area contributed by atoms with Crippen LogP contribution in [0.5, 0.6) is 0 Å². The van der Waals surface area contributed by atoms with Crippen LogP contribution in [0.1, 0.15) is 32.1 Å². The molecular weight excluding hydrogens is 280 g/mol. The van der Waals surface area contributed by atoms with Crippen LogP contribution < -0.4 is 5.32 Å². The summed E-state index contributed by atoms with van der Waals surface area (Å²) in [5.41, 5.74) is 0. The van der Waals surface area contributed by atoms with Crippen molar-refractivity contribution < 1.29 is 18.3 Å². The number of aliphatic hydroxyl groups excluding tert-OH is 1. The zero-order chi connectivity index (χ0) is 14.8. The van der Waals surface area contributed by atoms with E-state index in [1.807, 2.05) is 0 Å². The first-order chi connectivity index (χ1) is 9.43. The number of nitrogens with one attached hydrogen (secondary N) is 1. The molecule has 0 spiro atoms. The van der Waals surface area contributed by atoms with Gasteiger partial charge in [0.15, 0.2) is 0 Å². The van der Waals surface area contributed by atoms with Crippen LogP contribution in [0.3, 0.4) is 0 Å². The Kier molecular flexibility index (Phi) is 5.04. The van der Waals surface area contributed by atoms with Crippen LogP contribution in [0.4, 0.5) is 0 Å². The molecule has 1 aliphatic carbocycles. The molecule has 0 aromatic rings. The summed E-state index contributed by atoms with van der Waals surface area (Å²) < 4.78 is 24.5. The van der Waals surface area contributed by atoms with Crippen molar-refractivity contribution in [2.24, 2.45) is 11.8 Å². The van der Waals surface area contributed by atoms with Crippen molar-refractivity contribution in [3.63, 3.8) is 0 Å². The van der Waals surface area contributed by atoms with Crippen LogP contribution in [-0.2, 0) is 14.8 Å². The molecule has 2 fully saturated rings. The fraction of sp³-hybridized carbons (Fsp3) is 0.923. The van der Waals surface area contributed by atoms with Gasteiger partial charge in [-0.3, -0.25) is 4.79 Å². The van der Waals surface area contributed by atoms with Gasteiger partial charge in [-0.1, -0.05) is 6.42 Å². The highest BCUT2D eigenvalue weighted by Crippen LogP contribution is 2.30. The molecule has 116 valence electrons. The van der Waals surface area contributed by atoms with Gasteiger partial charge in [0.2, 0.25) is 15.9 Å². The summed E-state index contributed by atoms with van der Waals surface area (Å²) in [5.74, 6) is 0.387. The Morgan fingerprint density at radius 3 is 2.60 bits per heavy atom. The number of rotatable bonds is 5. The molecule has 2 aliphatic rings. The lowest BCUT2D eigenvalue weighted by molar-refractivity contribution is -0.124. The van der Waals surface area contributed by atoms with Gasteiger partial charge in [0.05, 0.1) is 6.26 Å². The largest absolute Gasteiger partial charge is 0.396 e. The first-order valence-corrected chi connectivity index (χ1v) is 9.13. The maximum atomic E-state index is 12.2. The van der Waals surface area contributed by atoms with Crippen molar-refractivity contribution >= 4 is 15.9 Å². The molecule has 7 heteroatoms. The maximum Gasteiger partial charge on any atom is 0.238 e. The van der Waals surface area contributed by atoms with Crippen molar-refractivity contribution in [2.75, 3.05) is 26.0 Å². The fourth-order valence-electron chi connectivity index (χ4n) is 3.37. The quantitative estimate of drug-likeness (QED) is 0.745. The summed E-state index contributed by atoms with van der Waals surface area (Å²) in [6.07, 6.45) is 5.59. The average molecular weight is 304 g/mol. The number of carbonyl (C=O) groups is 1. The number of hydrogen-bond donors (Lipinski definition) is 2. The van der Waals surface area contributed by atoms with Gasteiger partial charge in [0, 0.05) is 19.7 Å². The van der Waals surface area contributed by atoms with Gasteiger partial charge in [0.25, 0.3) is 0 Å². The van der Waals surface area contributed by atoms with Crippen LogP contribution in [0, 0.1) is 11.8 Å². The predicted octanol–water partition coefficient (Wildman–Crippen LogP) is -0.0648. The molecule has 1 heterocycles. The third kappa shape index (κ3) is 3.51. The van der Waals surface area contributed by atoms with Gasteiger partial charge >= 0.3 is 0 Å². The van der Waals surface area contributed by atoms with Crippen molar-refractivity contribution in [3.05, 3.63) is 0 Å². The SMILES string of the molecule is CS(=O)(=O)N1CCCC1C(=O)NCC1CCCC1CO. The second-order valence-corrected chi connectivity index (χ2v) is 7.85. The first-order valence-electron chi connectivity index (χ1n) is 7.29. The van der Waals surface area contributed by atoms with E-state index in [1.165, 1.54) is 4.31 Å². The van der Waals surface area contributed by atoms with E-state index in [9.17, 15) is 18.3 Å². The minimum Gasteiger partial charge on any atom is -0.396 e. The molecule has 0 radical (unpaired) electrons. The summed E-state index contributed by atoms with van der Waals surface area (Å²) in [6, 6.07) is -0.557. The van der Waals surface area contributed by atoms with E-state index in [-0.39, 0.29) is 18.4 Å². The number of amides is 1. The van der Waals surface area contributed by atoms with E-state index in [0.29, 0.717) is 25.4 Å². The van der Waals surface area contributed by atoms with E-state index in [2.05, 4.69) is 5.32 Å². The smallest absolute Gasteiger partial charge is 0.238 e. The molecular formula is C13H24N2O4S. The van der Waals surface area contributed by atoms with Crippen molar-refractivity contribution in [2.45, 2.75) is 38.1 Å². The average Bonchev–Trinajstić information content (AvgIpc) is 3.03. The summed E-state index contributed by atoms with van der Waals surface area (Å²) in [7, 11) is -3.32.